The Balaban J connectivity index is 2.32. The summed E-state index contributed by atoms with van der Waals surface area (Å²) >= 11 is 0. The standard InChI is InChI=1S/C20H19N5O2/c1-26-16-5-3-4-13(18(16)27-2)17-15-9-25-7-6-12(15)14(8-21)19(24)20(17,10-22)11-23/h3-6,14-15,17,24-25H,7,9H2,1-2H3/t14-,15+,17-/m1/s1. The molecule has 7 nitrogen and oxygen atoms in total. The van der Waals surface area contributed by atoms with E-state index in [-0.39, 0.29) is 11.6 Å². The molecule has 1 saturated carbocycles. The molecule has 3 atom stereocenters. The summed E-state index contributed by atoms with van der Waals surface area (Å²) < 4.78 is 10.9. The zero-order valence-electron chi connectivity index (χ0n) is 15.1. The van der Waals surface area contributed by atoms with Crippen molar-refractivity contribution in [3.63, 3.8) is 0 Å². The molecular weight excluding hydrogens is 342 g/mol. The molecule has 27 heavy (non-hydrogen) atoms. The molecule has 1 aliphatic carbocycles. The first-order valence-electron chi connectivity index (χ1n) is 8.52. The van der Waals surface area contributed by atoms with Crippen LogP contribution in [0.25, 0.3) is 0 Å². The van der Waals surface area contributed by atoms with Crippen LogP contribution in [-0.4, -0.2) is 33.0 Å². The van der Waals surface area contributed by atoms with E-state index < -0.39 is 17.3 Å². The highest BCUT2D eigenvalue weighted by Crippen LogP contribution is 2.55. The van der Waals surface area contributed by atoms with Gasteiger partial charge in [-0.1, -0.05) is 18.2 Å². The van der Waals surface area contributed by atoms with Gasteiger partial charge in [-0.25, -0.2) is 0 Å². The lowest BCUT2D eigenvalue weighted by atomic mass is 9.54. The molecule has 1 aromatic rings. The van der Waals surface area contributed by atoms with Crippen LogP contribution >= 0.6 is 0 Å². The molecule has 0 unspecified atom stereocenters. The number of hydrogen-bond donors (Lipinski definition) is 2. The zero-order valence-corrected chi connectivity index (χ0v) is 15.1. The summed E-state index contributed by atoms with van der Waals surface area (Å²) in [7, 11) is 3.02. The van der Waals surface area contributed by atoms with Crippen molar-refractivity contribution in [1.29, 1.82) is 21.2 Å². The Bertz CT molecular complexity index is 917. The van der Waals surface area contributed by atoms with Crippen molar-refractivity contribution in [2.45, 2.75) is 5.92 Å². The molecule has 2 aliphatic rings. The first-order valence-corrected chi connectivity index (χ1v) is 8.52. The lowest BCUT2D eigenvalue weighted by Gasteiger charge is -2.46. The van der Waals surface area contributed by atoms with Gasteiger partial charge in [0.1, 0.15) is 5.92 Å². The largest absolute Gasteiger partial charge is 0.493 e. The first-order chi connectivity index (χ1) is 13.1. The maximum absolute atomic E-state index is 10.0. The van der Waals surface area contributed by atoms with Gasteiger partial charge in [-0.3, -0.25) is 0 Å². The molecule has 3 rings (SSSR count). The van der Waals surface area contributed by atoms with Gasteiger partial charge < -0.3 is 20.2 Å². The highest BCUT2D eigenvalue weighted by atomic mass is 16.5. The van der Waals surface area contributed by atoms with E-state index in [2.05, 4.69) is 23.5 Å². The van der Waals surface area contributed by atoms with E-state index in [1.807, 2.05) is 6.08 Å². The van der Waals surface area contributed by atoms with E-state index in [9.17, 15) is 15.8 Å². The minimum atomic E-state index is -1.76. The van der Waals surface area contributed by atoms with Crippen LogP contribution in [-0.2, 0) is 0 Å². The number of methoxy groups -OCH3 is 2. The quantitative estimate of drug-likeness (QED) is 0.794. The summed E-state index contributed by atoms with van der Waals surface area (Å²) in [5.74, 6) is -0.883. The van der Waals surface area contributed by atoms with Gasteiger partial charge in [0, 0.05) is 30.5 Å². The van der Waals surface area contributed by atoms with Gasteiger partial charge in [-0.15, -0.1) is 0 Å². The molecule has 2 N–H and O–H groups in total. The van der Waals surface area contributed by atoms with Crippen molar-refractivity contribution in [2.24, 2.45) is 17.3 Å². The maximum Gasteiger partial charge on any atom is 0.189 e. The van der Waals surface area contributed by atoms with Crippen LogP contribution in [0.4, 0.5) is 0 Å². The number of ether oxygens (including phenoxy) is 2. The predicted octanol–water partition coefficient (Wildman–Crippen LogP) is 2.14. The van der Waals surface area contributed by atoms with Gasteiger partial charge in [0.05, 0.1) is 38.1 Å². The molecule has 1 aliphatic heterocycles. The van der Waals surface area contributed by atoms with Gasteiger partial charge >= 0.3 is 0 Å². The van der Waals surface area contributed by atoms with E-state index >= 15 is 0 Å². The minimum Gasteiger partial charge on any atom is -0.493 e. The van der Waals surface area contributed by atoms with Crippen LogP contribution in [0.5, 0.6) is 11.5 Å². The van der Waals surface area contributed by atoms with E-state index in [1.165, 1.54) is 14.2 Å². The van der Waals surface area contributed by atoms with Crippen LogP contribution < -0.4 is 14.8 Å². The Morgan fingerprint density at radius 2 is 1.93 bits per heavy atom. The summed E-state index contributed by atoms with van der Waals surface area (Å²) in [6.07, 6.45) is 1.90. The van der Waals surface area contributed by atoms with Gasteiger partial charge in [0.2, 0.25) is 0 Å². The fourth-order valence-corrected chi connectivity index (χ4v) is 4.23. The van der Waals surface area contributed by atoms with Gasteiger partial charge in [0.25, 0.3) is 0 Å². The molecule has 1 heterocycles. The van der Waals surface area contributed by atoms with Crippen LogP contribution in [0.3, 0.4) is 0 Å². The average molecular weight is 361 g/mol. The van der Waals surface area contributed by atoms with Gasteiger partial charge in [0.15, 0.2) is 16.9 Å². The maximum atomic E-state index is 10.0. The number of rotatable bonds is 3. The molecule has 7 heteroatoms. The van der Waals surface area contributed by atoms with Crippen molar-refractivity contribution in [1.82, 2.24) is 5.32 Å². The Hall–Kier alpha value is -3.34. The Morgan fingerprint density at radius 3 is 2.52 bits per heavy atom. The molecule has 1 aromatic carbocycles. The third kappa shape index (κ3) is 2.54. The van der Waals surface area contributed by atoms with Crippen molar-refractivity contribution >= 4 is 5.71 Å². The summed E-state index contributed by atoms with van der Waals surface area (Å²) in [5, 5.41) is 41.5. The number of nitriles is 3. The number of benzene rings is 1. The summed E-state index contributed by atoms with van der Waals surface area (Å²) in [6, 6.07) is 11.6. The van der Waals surface area contributed by atoms with E-state index in [0.29, 0.717) is 30.2 Å². The Labute approximate surface area is 157 Å². The molecule has 0 spiro atoms. The van der Waals surface area contributed by atoms with Crippen molar-refractivity contribution in [3.05, 3.63) is 35.4 Å². The molecule has 0 aromatic heterocycles. The highest BCUT2D eigenvalue weighted by Gasteiger charge is 2.58. The second-order valence-corrected chi connectivity index (χ2v) is 6.54. The van der Waals surface area contributed by atoms with Gasteiger partial charge in [-0.2, -0.15) is 15.8 Å². The van der Waals surface area contributed by atoms with E-state index in [1.54, 1.807) is 18.2 Å². The van der Waals surface area contributed by atoms with Crippen LogP contribution in [0.2, 0.25) is 0 Å². The first kappa shape index (κ1) is 18.5. The van der Waals surface area contributed by atoms with Crippen LogP contribution in [0.1, 0.15) is 11.5 Å². The van der Waals surface area contributed by atoms with Crippen molar-refractivity contribution in [2.75, 3.05) is 27.3 Å². The molecular formula is C20H19N5O2. The minimum absolute atomic E-state index is 0.172. The normalized spacial score (nSPS) is 25.8. The number of fused-ring (bicyclic) bond motifs is 1. The molecule has 1 fully saturated rings. The average Bonchev–Trinajstić information content (AvgIpc) is 2.72. The second-order valence-electron chi connectivity index (χ2n) is 6.54. The second kappa shape index (κ2) is 7.11. The lowest BCUT2D eigenvalue weighted by Crippen LogP contribution is -2.52. The predicted molar refractivity (Wildman–Crippen MR) is 97.2 cm³/mol. The third-order valence-electron chi connectivity index (χ3n) is 5.44. The number of nitrogens with zero attached hydrogens (tertiary/aromatic N) is 3. The lowest BCUT2D eigenvalue weighted by molar-refractivity contribution is 0.308. The smallest absolute Gasteiger partial charge is 0.189 e. The Kier molecular flexibility index (Phi) is 4.86. The highest BCUT2D eigenvalue weighted by molar-refractivity contribution is 6.01. The van der Waals surface area contributed by atoms with E-state index in [0.717, 1.165) is 5.57 Å². The Morgan fingerprint density at radius 1 is 1.19 bits per heavy atom. The number of para-hydroxylation sites is 1. The van der Waals surface area contributed by atoms with Crippen molar-refractivity contribution in [3.8, 4) is 29.7 Å². The van der Waals surface area contributed by atoms with Gasteiger partial charge in [-0.05, 0) is 11.6 Å². The SMILES string of the molecule is COc1cccc([C@@H]2[C@H]3CNCC=C3[C@@H](C#N)C(=N)C2(C#N)C#N)c1OC. The third-order valence-corrected chi connectivity index (χ3v) is 5.44. The number of hydrogen-bond acceptors (Lipinski definition) is 7. The topological polar surface area (TPSA) is 126 Å². The molecule has 0 bridgehead atoms. The summed E-state index contributed by atoms with van der Waals surface area (Å²) in [4.78, 5) is 0. The summed E-state index contributed by atoms with van der Waals surface area (Å²) in [5.41, 5.74) is -0.520. The van der Waals surface area contributed by atoms with Crippen LogP contribution in [0.15, 0.2) is 29.8 Å². The fraction of sp³-hybridized carbons (Fsp3) is 0.400. The molecule has 0 saturated heterocycles. The molecule has 136 valence electrons. The van der Waals surface area contributed by atoms with Crippen LogP contribution in [0, 0.1) is 56.7 Å². The molecule has 0 radical (unpaired) electrons. The van der Waals surface area contributed by atoms with E-state index in [4.69, 9.17) is 14.9 Å². The monoisotopic (exact) mass is 361 g/mol. The molecule has 0 amide bonds. The summed E-state index contributed by atoms with van der Waals surface area (Å²) in [6.45, 7) is 1.10. The zero-order chi connectivity index (χ0) is 19.6. The fourth-order valence-electron chi connectivity index (χ4n) is 4.23. The van der Waals surface area contributed by atoms with Crippen molar-refractivity contribution < 1.29 is 9.47 Å². The number of nitrogens with one attached hydrogen (secondary N) is 2.